The van der Waals surface area contributed by atoms with Crippen LogP contribution in [-0.4, -0.2) is 60.6 Å². The van der Waals surface area contributed by atoms with Gasteiger partial charge in [0.1, 0.15) is 11.6 Å². The number of anilines is 4. The number of hydrogen-bond donors (Lipinski definition) is 2. The van der Waals surface area contributed by atoms with Gasteiger partial charge in [-0.3, -0.25) is 4.79 Å². The zero-order valence-electron chi connectivity index (χ0n) is 24.8. The minimum atomic E-state index is -0.557. The van der Waals surface area contributed by atoms with Crippen molar-refractivity contribution in [3.63, 3.8) is 0 Å². The standard InChI is InChI=1S/C32H35FN6O4/c1-20-10-9-11-21(2)28(20)35-29(40)27-30(42-24-12-7-6-8-13-24)36-32(37-31(27)43-41-5)34-23-14-15-26(25(33)18-23)39-17-16-38(4)22(3)19-39/h6-15,18,22H,16-17,19H2,1-5H3,(H,35,40)(H,34,36,37). The Morgan fingerprint density at radius 1 is 0.977 bits per heavy atom. The third-order valence-electron chi connectivity index (χ3n) is 7.41. The van der Waals surface area contributed by atoms with Crippen LogP contribution in [-0.2, 0) is 4.89 Å². The van der Waals surface area contributed by atoms with Crippen molar-refractivity contribution < 1.29 is 23.7 Å². The summed E-state index contributed by atoms with van der Waals surface area (Å²) in [6.45, 7) is 8.23. The summed E-state index contributed by atoms with van der Waals surface area (Å²) in [5.41, 5.74) is 3.26. The molecule has 1 amide bonds. The molecule has 2 N–H and O–H groups in total. The van der Waals surface area contributed by atoms with E-state index in [1.165, 1.54) is 13.2 Å². The highest BCUT2D eigenvalue weighted by Gasteiger charge is 2.27. The van der Waals surface area contributed by atoms with Gasteiger partial charge in [0, 0.05) is 37.1 Å². The first-order valence-electron chi connectivity index (χ1n) is 14.0. The van der Waals surface area contributed by atoms with E-state index >= 15 is 4.39 Å². The van der Waals surface area contributed by atoms with Crippen molar-refractivity contribution in [2.24, 2.45) is 0 Å². The minimum absolute atomic E-state index is 0.0157. The molecular weight excluding hydrogens is 551 g/mol. The molecule has 1 fully saturated rings. The molecule has 1 aliphatic heterocycles. The first-order valence-corrected chi connectivity index (χ1v) is 14.0. The van der Waals surface area contributed by atoms with Crippen LogP contribution in [0, 0.1) is 19.7 Å². The maximum Gasteiger partial charge on any atom is 0.277 e. The lowest BCUT2D eigenvalue weighted by atomic mass is 10.1. The Bertz CT molecular complexity index is 1580. The van der Waals surface area contributed by atoms with Gasteiger partial charge in [0.2, 0.25) is 11.8 Å². The van der Waals surface area contributed by atoms with Gasteiger partial charge in [-0.15, -0.1) is 0 Å². The fourth-order valence-electron chi connectivity index (χ4n) is 4.91. The van der Waals surface area contributed by atoms with E-state index < -0.39 is 5.91 Å². The third kappa shape index (κ3) is 6.85. The number of likely N-dealkylation sites (N-methyl/N-ethyl adjacent to an activating group) is 1. The van der Waals surface area contributed by atoms with E-state index in [1.807, 2.05) is 43.0 Å². The normalized spacial score (nSPS) is 15.2. The number of hydrogen-bond acceptors (Lipinski definition) is 9. The summed E-state index contributed by atoms with van der Waals surface area (Å²) in [6, 6.07) is 19.8. The van der Waals surface area contributed by atoms with Gasteiger partial charge in [0.15, 0.2) is 5.56 Å². The summed E-state index contributed by atoms with van der Waals surface area (Å²) in [6.07, 6.45) is 0. The van der Waals surface area contributed by atoms with E-state index in [1.54, 1.807) is 36.4 Å². The zero-order valence-corrected chi connectivity index (χ0v) is 24.8. The number of benzene rings is 3. The monoisotopic (exact) mass is 586 g/mol. The van der Waals surface area contributed by atoms with E-state index in [9.17, 15) is 4.79 Å². The van der Waals surface area contributed by atoms with Crippen LogP contribution >= 0.6 is 0 Å². The number of nitrogens with zero attached hydrogens (tertiary/aromatic N) is 4. The lowest BCUT2D eigenvalue weighted by Gasteiger charge is -2.39. The molecule has 0 bridgehead atoms. The summed E-state index contributed by atoms with van der Waals surface area (Å²) in [5, 5.41) is 5.94. The first-order chi connectivity index (χ1) is 20.7. The van der Waals surface area contributed by atoms with E-state index in [0.717, 1.165) is 30.8 Å². The number of nitrogens with one attached hydrogen (secondary N) is 2. The highest BCUT2D eigenvalue weighted by molar-refractivity contribution is 6.08. The van der Waals surface area contributed by atoms with Crippen LogP contribution < -0.4 is 25.2 Å². The van der Waals surface area contributed by atoms with E-state index in [2.05, 4.69) is 39.5 Å². The second-order valence-electron chi connectivity index (χ2n) is 10.5. The number of rotatable bonds is 9. The van der Waals surface area contributed by atoms with Crippen LogP contribution in [0.5, 0.6) is 17.5 Å². The van der Waals surface area contributed by atoms with Crippen LogP contribution in [0.1, 0.15) is 28.4 Å². The molecule has 1 unspecified atom stereocenters. The molecule has 0 saturated carbocycles. The molecule has 1 atom stereocenters. The summed E-state index contributed by atoms with van der Waals surface area (Å²) >= 11 is 0. The number of carbonyl (C=O) groups excluding carboxylic acids is 1. The number of aromatic nitrogens is 2. The number of ether oxygens (including phenoxy) is 1. The molecule has 43 heavy (non-hydrogen) atoms. The van der Waals surface area contributed by atoms with Crippen LogP contribution in [0.4, 0.5) is 27.4 Å². The number of piperazine rings is 1. The van der Waals surface area contributed by atoms with Crippen molar-refractivity contribution in [3.8, 4) is 17.5 Å². The SMILES string of the molecule is COOc1nc(Nc2ccc(N3CCN(C)C(C)C3)c(F)c2)nc(Oc2ccccc2)c1C(=O)Nc1c(C)cccc1C. The van der Waals surface area contributed by atoms with Crippen molar-refractivity contribution in [3.05, 3.63) is 89.2 Å². The van der Waals surface area contributed by atoms with Crippen molar-refractivity contribution >= 4 is 28.9 Å². The molecule has 10 nitrogen and oxygen atoms in total. The predicted octanol–water partition coefficient (Wildman–Crippen LogP) is 6.10. The molecule has 1 aliphatic rings. The number of halogens is 1. The van der Waals surface area contributed by atoms with E-state index in [4.69, 9.17) is 14.5 Å². The van der Waals surface area contributed by atoms with Gasteiger partial charge < -0.3 is 30.1 Å². The fourth-order valence-corrected chi connectivity index (χ4v) is 4.91. The predicted molar refractivity (Wildman–Crippen MR) is 164 cm³/mol. The average Bonchev–Trinajstić information content (AvgIpc) is 2.97. The van der Waals surface area contributed by atoms with Crippen LogP contribution in [0.25, 0.3) is 0 Å². The Morgan fingerprint density at radius 2 is 1.70 bits per heavy atom. The molecule has 11 heteroatoms. The number of carbonyl (C=O) groups is 1. The second-order valence-corrected chi connectivity index (χ2v) is 10.5. The van der Waals surface area contributed by atoms with Gasteiger partial charge in [-0.25, -0.2) is 4.39 Å². The third-order valence-corrected chi connectivity index (χ3v) is 7.41. The Hall–Kier alpha value is -4.74. The molecule has 224 valence electrons. The van der Waals surface area contributed by atoms with Gasteiger partial charge in [0.25, 0.3) is 11.8 Å². The quantitative estimate of drug-likeness (QED) is 0.178. The Morgan fingerprint density at radius 3 is 2.37 bits per heavy atom. The zero-order chi connectivity index (χ0) is 30.5. The van der Waals surface area contributed by atoms with Crippen LogP contribution in [0.3, 0.4) is 0 Å². The largest absolute Gasteiger partial charge is 0.438 e. The van der Waals surface area contributed by atoms with Crippen molar-refractivity contribution in [1.82, 2.24) is 14.9 Å². The van der Waals surface area contributed by atoms with Crippen LogP contribution in [0.2, 0.25) is 0 Å². The minimum Gasteiger partial charge on any atom is -0.438 e. The second kappa shape index (κ2) is 13.1. The summed E-state index contributed by atoms with van der Waals surface area (Å²) < 4.78 is 21.4. The Balaban J connectivity index is 1.49. The van der Waals surface area contributed by atoms with Crippen molar-refractivity contribution in [2.75, 3.05) is 49.3 Å². The lowest BCUT2D eigenvalue weighted by Crippen LogP contribution is -2.50. The highest BCUT2D eigenvalue weighted by Crippen LogP contribution is 2.34. The molecule has 0 spiro atoms. The Kier molecular flexibility index (Phi) is 9.03. The van der Waals surface area contributed by atoms with E-state index in [0.29, 0.717) is 28.9 Å². The fraction of sp³-hybridized carbons (Fsp3) is 0.281. The summed E-state index contributed by atoms with van der Waals surface area (Å²) in [4.78, 5) is 37.1. The topological polar surface area (TPSA) is 101 Å². The average molecular weight is 587 g/mol. The number of aryl methyl sites for hydroxylation is 2. The van der Waals surface area contributed by atoms with Gasteiger partial charge in [-0.1, -0.05) is 36.4 Å². The Labute approximate surface area is 250 Å². The molecule has 2 heterocycles. The smallest absolute Gasteiger partial charge is 0.277 e. The summed E-state index contributed by atoms with van der Waals surface area (Å²) in [7, 11) is 3.37. The van der Waals surface area contributed by atoms with E-state index in [-0.39, 0.29) is 29.1 Å². The number of para-hydroxylation sites is 2. The molecular formula is C32H35FN6O4. The molecule has 0 aliphatic carbocycles. The van der Waals surface area contributed by atoms with Gasteiger partial charge in [-0.05, 0) is 69.3 Å². The van der Waals surface area contributed by atoms with Gasteiger partial charge in [0.05, 0.1) is 12.8 Å². The molecule has 3 aromatic carbocycles. The number of amides is 1. The molecule has 1 saturated heterocycles. The summed E-state index contributed by atoms with van der Waals surface area (Å²) in [5.74, 6) is -0.740. The molecule has 0 radical (unpaired) electrons. The molecule has 4 aromatic rings. The van der Waals surface area contributed by atoms with Crippen LogP contribution in [0.15, 0.2) is 66.7 Å². The lowest BCUT2D eigenvalue weighted by molar-refractivity contribution is -0.181. The van der Waals surface area contributed by atoms with Gasteiger partial charge in [-0.2, -0.15) is 14.9 Å². The maximum absolute atomic E-state index is 15.3. The van der Waals surface area contributed by atoms with Gasteiger partial charge >= 0.3 is 0 Å². The van der Waals surface area contributed by atoms with Crippen molar-refractivity contribution in [1.29, 1.82) is 0 Å². The highest BCUT2D eigenvalue weighted by atomic mass is 19.1. The molecule has 1 aromatic heterocycles. The maximum atomic E-state index is 15.3. The first kappa shape index (κ1) is 29.7. The van der Waals surface area contributed by atoms with Crippen molar-refractivity contribution in [2.45, 2.75) is 26.8 Å². The molecule has 5 rings (SSSR count).